The summed E-state index contributed by atoms with van der Waals surface area (Å²) in [6, 6.07) is 0. The minimum Gasteiger partial charge on any atom is -0.342 e. The van der Waals surface area contributed by atoms with Gasteiger partial charge in [-0.05, 0) is 50.0 Å². The summed E-state index contributed by atoms with van der Waals surface area (Å²) < 4.78 is 0. The second kappa shape index (κ2) is 6.05. The maximum Gasteiger partial charge on any atom is 0.222 e. The molecular formula is C15H28N2O. The number of carbonyl (C=O) groups is 1. The summed E-state index contributed by atoms with van der Waals surface area (Å²) in [5, 5.41) is 0. The van der Waals surface area contributed by atoms with Crippen LogP contribution in [-0.4, -0.2) is 30.4 Å². The first kappa shape index (κ1) is 13.9. The number of hydrogen-bond acceptors (Lipinski definition) is 2. The maximum absolute atomic E-state index is 12.2. The van der Waals surface area contributed by atoms with Gasteiger partial charge in [0, 0.05) is 19.5 Å². The van der Waals surface area contributed by atoms with Crippen molar-refractivity contribution in [2.45, 2.75) is 58.3 Å². The summed E-state index contributed by atoms with van der Waals surface area (Å²) in [5.74, 6) is 1.16. The Labute approximate surface area is 111 Å². The molecule has 2 N–H and O–H groups in total. The second-order valence-electron chi connectivity index (χ2n) is 6.34. The van der Waals surface area contributed by atoms with Gasteiger partial charge in [-0.1, -0.05) is 19.8 Å². The van der Waals surface area contributed by atoms with Crippen LogP contribution in [0.5, 0.6) is 0 Å². The van der Waals surface area contributed by atoms with E-state index in [-0.39, 0.29) is 0 Å². The summed E-state index contributed by atoms with van der Waals surface area (Å²) in [6.07, 6.45) is 9.24. The Balaban J connectivity index is 1.86. The summed E-state index contributed by atoms with van der Waals surface area (Å²) in [5.41, 5.74) is 6.08. The van der Waals surface area contributed by atoms with Crippen molar-refractivity contribution in [3.05, 3.63) is 0 Å². The first-order valence-electron chi connectivity index (χ1n) is 7.67. The van der Waals surface area contributed by atoms with E-state index in [1.165, 1.54) is 32.1 Å². The van der Waals surface area contributed by atoms with Crippen LogP contribution in [0.25, 0.3) is 0 Å². The standard InChI is InChI=1S/C15H28N2O/c1-2-3-13-4-5-14(18)17(11-6-13)12-15(7-8-15)9-10-16/h13H,2-12,16H2,1H3. The molecule has 1 amide bonds. The highest BCUT2D eigenvalue weighted by molar-refractivity contribution is 5.76. The highest BCUT2D eigenvalue weighted by Crippen LogP contribution is 2.49. The first-order chi connectivity index (χ1) is 8.69. The Hall–Kier alpha value is -0.570. The molecule has 0 spiro atoms. The first-order valence-corrected chi connectivity index (χ1v) is 7.67. The molecule has 0 aromatic carbocycles. The molecule has 1 saturated carbocycles. The highest BCUT2D eigenvalue weighted by Gasteiger charge is 2.43. The SMILES string of the molecule is CCCC1CCC(=O)N(CC2(CCN)CC2)CC1. The van der Waals surface area contributed by atoms with Crippen LogP contribution in [0.2, 0.25) is 0 Å². The topological polar surface area (TPSA) is 46.3 Å². The number of likely N-dealkylation sites (tertiary alicyclic amines) is 1. The van der Waals surface area contributed by atoms with Gasteiger partial charge in [-0.25, -0.2) is 0 Å². The third kappa shape index (κ3) is 3.47. The molecule has 1 saturated heterocycles. The van der Waals surface area contributed by atoms with Crippen molar-refractivity contribution in [2.24, 2.45) is 17.1 Å². The van der Waals surface area contributed by atoms with Gasteiger partial charge in [0.05, 0.1) is 0 Å². The molecule has 0 radical (unpaired) electrons. The van der Waals surface area contributed by atoms with Crippen LogP contribution in [0.15, 0.2) is 0 Å². The van der Waals surface area contributed by atoms with E-state index >= 15 is 0 Å². The van der Waals surface area contributed by atoms with Crippen LogP contribution in [0, 0.1) is 11.3 Å². The van der Waals surface area contributed by atoms with Gasteiger partial charge in [0.2, 0.25) is 5.91 Å². The summed E-state index contributed by atoms with van der Waals surface area (Å²) in [6.45, 7) is 4.96. The van der Waals surface area contributed by atoms with Crippen molar-refractivity contribution < 1.29 is 4.79 Å². The number of nitrogens with zero attached hydrogens (tertiary/aromatic N) is 1. The number of rotatable bonds is 6. The van der Waals surface area contributed by atoms with Crippen LogP contribution in [0.4, 0.5) is 0 Å². The predicted octanol–water partition coefficient (Wildman–Crippen LogP) is 2.54. The molecule has 2 aliphatic rings. The van der Waals surface area contributed by atoms with E-state index in [2.05, 4.69) is 11.8 Å². The molecule has 1 heterocycles. The third-order valence-electron chi connectivity index (χ3n) is 4.78. The molecule has 1 aliphatic heterocycles. The molecular weight excluding hydrogens is 224 g/mol. The normalized spacial score (nSPS) is 27.1. The molecule has 1 atom stereocenters. The van der Waals surface area contributed by atoms with E-state index in [0.29, 0.717) is 11.3 Å². The number of nitrogens with two attached hydrogens (primary N) is 1. The van der Waals surface area contributed by atoms with Gasteiger partial charge in [0.1, 0.15) is 0 Å². The molecule has 2 rings (SSSR count). The van der Waals surface area contributed by atoms with E-state index in [0.717, 1.165) is 44.8 Å². The van der Waals surface area contributed by atoms with Gasteiger partial charge in [-0.3, -0.25) is 4.79 Å². The zero-order valence-electron chi connectivity index (χ0n) is 11.8. The van der Waals surface area contributed by atoms with Gasteiger partial charge >= 0.3 is 0 Å². The third-order valence-corrected chi connectivity index (χ3v) is 4.78. The lowest BCUT2D eigenvalue weighted by molar-refractivity contribution is -0.131. The second-order valence-corrected chi connectivity index (χ2v) is 6.34. The minimum atomic E-state index is 0.386. The molecule has 18 heavy (non-hydrogen) atoms. The summed E-state index contributed by atoms with van der Waals surface area (Å²) >= 11 is 0. The van der Waals surface area contributed by atoms with Crippen molar-refractivity contribution >= 4 is 5.91 Å². The lowest BCUT2D eigenvalue weighted by atomic mass is 9.96. The van der Waals surface area contributed by atoms with Crippen LogP contribution in [0.1, 0.15) is 58.3 Å². The van der Waals surface area contributed by atoms with Gasteiger partial charge in [0.25, 0.3) is 0 Å². The predicted molar refractivity (Wildman–Crippen MR) is 74.2 cm³/mol. The van der Waals surface area contributed by atoms with Gasteiger partial charge in [-0.2, -0.15) is 0 Å². The Morgan fingerprint density at radius 2 is 2.17 bits per heavy atom. The van der Waals surface area contributed by atoms with E-state index in [1.54, 1.807) is 0 Å². The van der Waals surface area contributed by atoms with Crippen LogP contribution in [-0.2, 0) is 4.79 Å². The van der Waals surface area contributed by atoms with E-state index in [9.17, 15) is 4.79 Å². The van der Waals surface area contributed by atoms with E-state index < -0.39 is 0 Å². The zero-order chi connectivity index (χ0) is 13.0. The smallest absolute Gasteiger partial charge is 0.222 e. The van der Waals surface area contributed by atoms with Gasteiger partial charge < -0.3 is 10.6 Å². The zero-order valence-corrected chi connectivity index (χ0v) is 11.8. The number of hydrogen-bond donors (Lipinski definition) is 1. The molecule has 0 aromatic rings. The fourth-order valence-electron chi connectivity index (χ4n) is 3.33. The minimum absolute atomic E-state index is 0.386. The average Bonchev–Trinajstić information content (AvgIpc) is 3.12. The van der Waals surface area contributed by atoms with Gasteiger partial charge in [0.15, 0.2) is 0 Å². The lowest BCUT2D eigenvalue weighted by Crippen LogP contribution is -2.36. The quantitative estimate of drug-likeness (QED) is 0.789. The molecule has 2 fully saturated rings. The molecule has 0 aromatic heterocycles. The van der Waals surface area contributed by atoms with Crippen LogP contribution < -0.4 is 5.73 Å². The number of carbonyl (C=O) groups excluding carboxylic acids is 1. The van der Waals surface area contributed by atoms with Crippen molar-refractivity contribution in [1.82, 2.24) is 4.90 Å². The van der Waals surface area contributed by atoms with Crippen LogP contribution >= 0.6 is 0 Å². The van der Waals surface area contributed by atoms with Gasteiger partial charge in [-0.15, -0.1) is 0 Å². The molecule has 3 nitrogen and oxygen atoms in total. The van der Waals surface area contributed by atoms with Crippen LogP contribution in [0.3, 0.4) is 0 Å². The summed E-state index contributed by atoms with van der Waals surface area (Å²) in [4.78, 5) is 14.3. The van der Waals surface area contributed by atoms with Crippen molar-refractivity contribution in [3.63, 3.8) is 0 Å². The fraction of sp³-hybridized carbons (Fsp3) is 0.933. The lowest BCUT2D eigenvalue weighted by Gasteiger charge is -2.26. The average molecular weight is 252 g/mol. The summed E-state index contributed by atoms with van der Waals surface area (Å²) in [7, 11) is 0. The Morgan fingerprint density at radius 1 is 1.39 bits per heavy atom. The fourth-order valence-corrected chi connectivity index (χ4v) is 3.33. The van der Waals surface area contributed by atoms with Crippen molar-refractivity contribution in [1.29, 1.82) is 0 Å². The van der Waals surface area contributed by atoms with E-state index in [1.807, 2.05) is 0 Å². The van der Waals surface area contributed by atoms with Crippen molar-refractivity contribution in [3.8, 4) is 0 Å². The molecule has 1 unspecified atom stereocenters. The molecule has 1 aliphatic carbocycles. The largest absolute Gasteiger partial charge is 0.342 e. The Bertz CT molecular complexity index is 286. The monoisotopic (exact) mass is 252 g/mol. The highest BCUT2D eigenvalue weighted by atomic mass is 16.2. The molecule has 3 heteroatoms. The van der Waals surface area contributed by atoms with Crippen molar-refractivity contribution in [2.75, 3.05) is 19.6 Å². The number of amides is 1. The Kier molecular flexibility index (Phi) is 4.66. The van der Waals surface area contributed by atoms with E-state index in [4.69, 9.17) is 5.73 Å². The molecule has 0 bridgehead atoms. The molecule has 104 valence electrons. The maximum atomic E-state index is 12.2. The Morgan fingerprint density at radius 3 is 2.78 bits per heavy atom.